The van der Waals surface area contributed by atoms with Crippen molar-refractivity contribution in [3.05, 3.63) is 70.0 Å². The van der Waals surface area contributed by atoms with Crippen LogP contribution < -0.4 is 10.1 Å². The fourth-order valence-electron chi connectivity index (χ4n) is 5.05. The van der Waals surface area contributed by atoms with E-state index in [2.05, 4.69) is 34.3 Å². The van der Waals surface area contributed by atoms with Crippen LogP contribution in [0.3, 0.4) is 0 Å². The van der Waals surface area contributed by atoms with E-state index in [1.54, 1.807) is 30.6 Å². The van der Waals surface area contributed by atoms with Crippen LogP contribution in [0.4, 0.5) is 5.00 Å². The highest BCUT2D eigenvalue weighted by molar-refractivity contribution is 7.16. The van der Waals surface area contributed by atoms with Gasteiger partial charge in [0.2, 0.25) is 0 Å². The van der Waals surface area contributed by atoms with Crippen molar-refractivity contribution < 1.29 is 13.9 Å². The van der Waals surface area contributed by atoms with Gasteiger partial charge >= 0.3 is 0 Å². The lowest BCUT2D eigenvalue weighted by molar-refractivity contribution is 0.0996. The number of thiophene rings is 1. The molecule has 1 aliphatic heterocycles. The minimum absolute atomic E-state index is 0.0276. The van der Waals surface area contributed by atoms with E-state index in [-0.39, 0.29) is 11.9 Å². The molecule has 1 fully saturated rings. The quantitative estimate of drug-likeness (QED) is 0.566. The van der Waals surface area contributed by atoms with Gasteiger partial charge in [-0.25, -0.2) is 0 Å². The highest BCUT2D eigenvalue weighted by atomic mass is 32.1. The summed E-state index contributed by atoms with van der Waals surface area (Å²) < 4.78 is 11.2. The van der Waals surface area contributed by atoms with Crippen LogP contribution in [0, 0.1) is 0 Å². The number of methoxy groups -OCH3 is 1. The molecule has 33 heavy (non-hydrogen) atoms. The lowest BCUT2D eigenvalue weighted by Crippen LogP contribution is -2.46. The molecule has 1 aromatic carbocycles. The zero-order valence-corrected chi connectivity index (χ0v) is 20.1. The number of para-hydroxylation sites is 1. The molecule has 0 radical (unpaired) electrons. The van der Waals surface area contributed by atoms with Gasteiger partial charge in [-0.3, -0.25) is 9.69 Å². The van der Waals surface area contributed by atoms with Crippen molar-refractivity contribution in [3.8, 4) is 5.75 Å². The lowest BCUT2D eigenvalue weighted by Gasteiger charge is -2.39. The molecule has 3 heterocycles. The Kier molecular flexibility index (Phi) is 6.53. The Bertz CT molecular complexity index is 1100. The number of aryl methyl sites for hydroxylation is 1. The fourth-order valence-corrected chi connectivity index (χ4v) is 6.37. The summed E-state index contributed by atoms with van der Waals surface area (Å²) >= 11 is 1.74. The maximum absolute atomic E-state index is 13.0. The smallest absolute Gasteiger partial charge is 0.291 e. The molecule has 3 aromatic rings. The molecule has 0 unspecified atom stereocenters. The maximum Gasteiger partial charge on any atom is 0.291 e. The summed E-state index contributed by atoms with van der Waals surface area (Å²) in [6, 6.07) is 11.8. The minimum atomic E-state index is -0.197. The van der Waals surface area contributed by atoms with Crippen LogP contribution in [0.25, 0.3) is 0 Å². The first kappa shape index (κ1) is 22.2. The Morgan fingerprint density at radius 2 is 1.88 bits per heavy atom. The van der Waals surface area contributed by atoms with Gasteiger partial charge in [0.05, 0.1) is 19.4 Å². The number of likely N-dealkylation sites (N-methyl/N-ethyl adjacent to an activating group) is 1. The number of benzene rings is 1. The molecule has 1 amide bonds. The number of rotatable bonds is 6. The predicted molar refractivity (Wildman–Crippen MR) is 132 cm³/mol. The fraction of sp³-hybridized carbons (Fsp3) is 0.423. The van der Waals surface area contributed by atoms with E-state index in [4.69, 9.17) is 9.15 Å². The molecule has 0 bridgehead atoms. The molecule has 1 N–H and O–H groups in total. The number of amides is 1. The summed E-state index contributed by atoms with van der Waals surface area (Å²) in [5.74, 6) is 1.03. The van der Waals surface area contributed by atoms with Crippen molar-refractivity contribution in [1.82, 2.24) is 9.80 Å². The Labute approximate surface area is 199 Å². The number of ether oxygens (including phenoxy) is 1. The van der Waals surface area contributed by atoms with Crippen LogP contribution in [-0.2, 0) is 12.8 Å². The number of hydrogen-bond acceptors (Lipinski definition) is 6. The Hall–Kier alpha value is -2.61. The molecule has 2 aromatic heterocycles. The first-order valence-electron chi connectivity index (χ1n) is 11.7. The average Bonchev–Trinajstić information content (AvgIpc) is 3.50. The van der Waals surface area contributed by atoms with Gasteiger partial charge in [0.1, 0.15) is 10.8 Å². The van der Waals surface area contributed by atoms with E-state index >= 15 is 0 Å². The van der Waals surface area contributed by atoms with E-state index in [9.17, 15) is 4.79 Å². The zero-order valence-electron chi connectivity index (χ0n) is 19.3. The molecule has 6 nitrogen and oxygen atoms in total. The molecule has 0 saturated carbocycles. The standard InChI is InChI=1S/C26H31N3O3S/c1-28-13-15-29(16-14-28)24(18-8-3-5-10-20(18)31-2)23-19-9-4-6-12-22(19)33-26(23)27-25(30)21-11-7-17-32-21/h3,5,7-8,10-11,17,24H,4,6,9,12-16H2,1-2H3,(H,27,30)/t24-/m1/s1. The van der Waals surface area contributed by atoms with Crippen LogP contribution in [0.1, 0.15) is 51.0 Å². The van der Waals surface area contributed by atoms with Crippen LogP contribution in [0.5, 0.6) is 5.75 Å². The second-order valence-electron chi connectivity index (χ2n) is 8.87. The number of furan rings is 1. The number of fused-ring (bicyclic) bond motifs is 1. The SMILES string of the molecule is COc1ccccc1[C@H](c1c(NC(=O)c2ccco2)sc2c1CCCC2)N1CCN(C)CC1. The summed E-state index contributed by atoms with van der Waals surface area (Å²) in [6.45, 7) is 3.98. The van der Waals surface area contributed by atoms with Crippen molar-refractivity contribution in [2.75, 3.05) is 45.7 Å². The minimum Gasteiger partial charge on any atom is -0.496 e. The number of anilines is 1. The molecule has 5 rings (SSSR count). The monoisotopic (exact) mass is 465 g/mol. The average molecular weight is 466 g/mol. The number of carbonyl (C=O) groups excluding carboxylic acids is 1. The van der Waals surface area contributed by atoms with Gasteiger partial charge < -0.3 is 19.4 Å². The van der Waals surface area contributed by atoms with Crippen molar-refractivity contribution in [3.63, 3.8) is 0 Å². The van der Waals surface area contributed by atoms with Gasteiger partial charge in [0, 0.05) is 42.2 Å². The van der Waals surface area contributed by atoms with E-state index < -0.39 is 0 Å². The molecule has 174 valence electrons. The van der Waals surface area contributed by atoms with Crippen LogP contribution in [0.2, 0.25) is 0 Å². The number of hydrogen-bond donors (Lipinski definition) is 1. The van der Waals surface area contributed by atoms with Crippen LogP contribution in [0.15, 0.2) is 47.1 Å². The number of nitrogens with one attached hydrogen (secondary N) is 1. The lowest BCUT2D eigenvalue weighted by atomic mass is 9.88. The van der Waals surface area contributed by atoms with E-state index in [0.29, 0.717) is 5.76 Å². The second kappa shape index (κ2) is 9.71. The highest BCUT2D eigenvalue weighted by Crippen LogP contribution is 2.47. The number of nitrogens with zero attached hydrogens (tertiary/aromatic N) is 2. The molecule has 2 aliphatic rings. The molecular formula is C26H31N3O3S. The van der Waals surface area contributed by atoms with Crippen molar-refractivity contribution in [2.45, 2.75) is 31.7 Å². The van der Waals surface area contributed by atoms with Crippen molar-refractivity contribution in [1.29, 1.82) is 0 Å². The summed E-state index contributed by atoms with van der Waals surface area (Å²) in [6.07, 6.45) is 6.05. The molecular weight excluding hydrogens is 434 g/mol. The largest absolute Gasteiger partial charge is 0.496 e. The molecule has 1 aliphatic carbocycles. The van der Waals surface area contributed by atoms with E-state index in [0.717, 1.165) is 55.3 Å². The third-order valence-corrected chi connectivity index (χ3v) is 8.02. The zero-order chi connectivity index (χ0) is 22.8. The van der Waals surface area contributed by atoms with Gasteiger partial charge in [-0.15, -0.1) is 11.3 Å². The second-order valence-corrected chi connectivity index (χ2v) is 9.97. The van der Waals surface area contributed by atoms with Crippen molar-refractivity contribution >= 4 is 22.2 Å². The highest BCUT2D eigenvalue weighted by Gasteiger charge is 2.34. The van der Waals surface area contributed by atoms with Gasteiger partial charge in [-0.2, -0.15) is 0 Å². The van der Waals surface area contributed by atoms with Crippen LogP contribution >= 0.6 is 11.3 Å². The third-order valence-electron chi connectivity index (χ3n) is 6.79. The first-order valence-corrected chi connectivity index (χ1v) is 12.5. The maximum atomic E-state index is 13.0. The Balaban J connectivity index is 1.63. The Morgan fingerprint density at radius 3 is 2.64 bits per heavy atom. The van der Waals surface area contributed by atoms with Gasteiger partial charge in [-0.05, 0) is 56.5 Å². The summed E-state index contributed by atoms with van der Waals surface area (Å²) in [5, 5.41) is 4.16. The van der Waals surface area contributed by atoms with Gasteiger partial charge in [-0.1, -0.05) is 18.2 Å². The van der Waals surface area contributed by atoms with E-state index in [1.807, 2.05) is 12.1 Å². The first-order chi connectivity index (χ1) is 16.2. The third kappa shape index (κ3) is 4.45. The molecule has 0 spiro atoms. The summed E-state index contributed by atoms with van der Waals surface area (Å²) in [7, 11) is 3.92. The summed E-state index contributed by atoms with van der Waals surface area (Å²) in [5.41, 5.74) is 3.81. The van der Waals surface area contributed by atoms with Gasteiger partial charge in [0.25, 0.3) is 5.91 Å². The predicted octanol–water partition coefficient (Wildman–Crippen LogP) is 4.82. The topological polar surface area (TPSA) is 58.0 Å². The number of piperazine rings is 1. The van der Waals surface area contributed by atoms with Crippen molar-refractivity contribution in [2.24, 2.45) is 0 Å². The van der Waals surface area contributed by atoms with Crippen LogP contribution in [-0.4, -0.2) is 56.0 Å². The normalized spacial score (nSPS) is 18.0. The molecule has 1 atom stereocenters. The summed E-state index contributed by atoms with van der Waals surface area (Å²) in [4.78, 5) is 19.3. The molecule has 7 heteroatoms. The Morgan fingerprint density at radius 1 is 1.09 bits per heavy atom. The van der Waals surface area contributed by atoms with E-state index in [1.165, 1.54) is 35.1 Å². The van der Waals surface area contributed by atoms with Gasteiger partial charge in [0.15, 0.2) is 5.76 Å². The molecule has 1 saturated heterocycles. The number of carbonyl (C=O) groups is 1.